The van der Waals surface area contributed by atoms with Gasteiger partial charge in [0, 0.05) is 12.8 Å². The molecule has 0 bridgehead atoms. The van der Waals surface area contributed by atoms with Crippen molar-refractivity contribution in [3.8, 4) is 0 Å². The predicted octanol–water partition coefficient (Wildman–Crippen LogP) is 0.163. The molecule has 8 nitrogen and oxygen atoms in total. The topological polar surface area (TPSA) is 149 Å². The Kier molecular flexibility index (Phi) is 22.0. The lowest BCUT2D eigenvalue weighted by molar-refractivity contribution is -0.110. The second-order valence-corrected chi connectivity index (χ2v) is 3.29. The van der Waals surface area contributed by atoms with Crippen LogP contribution in [-0.2, 0) is 32.3 Å². The van der Waals surface area contributed by atoms with Crippen molar-refractivity contribution >= 4 is 35.3 Å². The fourth-order valence-electron chi connectivity index (χ4n) is 0.425. The van der Waals surface area contributed by atoms with E-state index < -0.39 is 22.7 Å². The molecule has 0 aromatic rings. The van der Waals surface area contributed by atoms with Gasteiger partial charge in [0.15, 0.2) is 0 Å². The second kappa shape index (κ2) is 16.9. The average Bonchev–Trinajstić information content (AvgIpc) is 2.02. The van der Waals surface area contributed by atoms with Crippen LogP contribution in [0, 0.1) is 5.92 Å². The first-order valence-electron chi connectivity index (χ1n) is 3.75. The Balaban J connectivity index is -0.000000179. The molecule has 0 aromatic carbocycles. The lowest BCUT2D eigenvalue weighted by atomic mass is 10.1. The van der Waals surface area contributed by atoms with Crippen molar-refractivity contribution in [2.45, 2.75) is 19.8 Å². The summed E-state index contributed by atoms with van der Waals surface area (Å²) in [5.74, 6) is 0.227. The Labute approximate surface area is 97.7 Å². The van der Waals surface area contributed by atoms with Crippen LogP contribution in [0.3, 0.4) is 0 Å². The van der Waals surface area contributed by atoms with Gasteiger partial charge in [0.25, 0.3) is 22.7 Å². The third-order valence-corrected chi connectivity index (χ3v) is 0.997. The van der Waals surface area contributed by atoms with Gasteiger partial charge in [0.2, 0.25) is 0 Å². The van der Waals surface area contributed by atoms with Gasteiger partial charge in [0.05, 0.1) is 0 Å². The molecule has 10 heteroatoms. The molecule has 0 fully saturated rings. The summed E-state index contributed by atoms with van der Waals surface area (Å²) in [6.45, 7) is 1.88. The highest BCUT2D eigenvalue weighted by Gasteiger charge is 1.96. The van der Waals surface area contributed by atoms with Crippen molar-refractivity contribution < 1.29 is 36.2 Å². The largest absolute Gasteiger partial charge is 0.303 e. The molecule has 0 saturated carbocycles. The van der Waals surface area contributed by atoms with Gasteiger partial charge in [-0.15, -0.1) is 0 Å². The van der Waals surface area contributed by atoms with E-state index in [1.807, 2.05) is 6.92 Å². The zero-order chi connectivity index (χ0) is 13.6. The van der Waals surface area contributed by atoms with Crippen LogP contribution in [0.1, 0.15) is 19.8 Å². The SMILES string of the molecule is CC(CC=O)CC=O.O=S(O)O.O=S(O)O. The van der Waals surface area contributed by atoms with E-state index in [4.69, 9.17) is 26.6 Å². The van der Waals surface area contributed by atoms with Gasteiger partial charge in [-0.3, -0.25) is 18.2 Å². The molecule has 0 saturated heterocycles. The smallest absolute Gasteiger partial charge is 0.299 e. The summed E-state index contributed by atoms with van der Waals surface area (Å²) in [6, 6.07) is 0. The molecule has 16 heavy (non-hydrogen) atoms. The van der Waals surface area contributed by atoms with E-state index >= 15 is 0 Å². The first kappa shape index (κ1) is 20.8. The van der Waals surface area contributed by atoms with Gasteiger partial charge in [-0.05, 0) is 5.92 Å². The van der Waals surface area contributed by atoms with E-state index in [0.717, 1.165) is 12.6 Å². The molecule has 0 rings (SSSR count). The van der Waals surface area contributed by atoms with Gasteiger partial charge < -0.3 is 9.59 Å². The van der Waals surface area contributed by atoms with Crippen molar-refractivity contribution in [2.75, 3.05) is 0 Å². The minimum Gasteiger partial charge on any atom is -0.303 e. The van der Waals surface area contributed by atoms with E-state index in [-0.39, 0.29) is 5.92 Å². The molecule has 0 aliphatic rings. The standard InChI is InChI=1S/C6H10O2.2H2O3S/c1-6(2-4-7)3-5-8;2*1-4(2)3/h4-6H,2-3H2,1H3;2*(H2,1,2,3). The highest BCUT2D eigenvalue weighted by Crippen LogP contribution is 2.00. The number of hydrogen-bond acceptors (Lipinski definition) is 4. The fraction of sp³-hybridized carbons (Fsp3) is 0.667. The van der Waals surface area contributed by atoms with Gasteiger partial charge in [-0.2, -0.15) is 8.42 Å². The van der Waals surface area contributed by atoms with Crippen LogP contribution in [-0.4, -0.2) is 39.2 Å². The minimum atomic E-state index is -2.61. The molecular weight excluding hydrogens is 264 g/mol. The number of hydrogen-bond donors (Lipinski definition) is 4. The Morgan fingerprint density at radius 3 is 1.25 bits per heavy atom. The molecule has 0 unspecified atom stereocenters. The molecule has 0 aliphatic carbocycles. The van der Waals surface area contributed by atoms with Gasteiger partial charge in [-0.25, -0.2) is 0 Å². The summed E-state index contributed by atoms with van der Waals surface area (Å²) in [5.41, 5.74) is 0. The Morgan fingerprint density at radius 1 is 0.938 bits per heavy atom. The Bertz CT molecular complexity index is 189. The minimum absolute atomic E-state index is 0.227. The second-order valence-electron chi connectivity index (χ2n) is 2.37. The molecule has 0 amide bonds. The summed E-state index contributed by atoms with van der Waals surface area (Å²) < 4.78 is 45.7. The molecule has 0 aromatic heterocycles. The predicted molar refractivity (Wildman–Crippen MR) is 57.3 cm³/mol. The molecule has 98 valence electrons. The zero-order valence-electron chi connectivity index (χ0n) is 8.38. The molecule has 0 atom stereocenters. The van der Waals surface area contributed by atoms with Crippen LogP contribution in [0.5, 0.6) is 0 Å². The van der Waals surface area contributed by atoms with Crippen molar-refractivity contribution in [1.82, 2.24) is 0 Å². The maximum Gasteiger partial charge on any atom is 0.299 e. The molecule has 0 heterocycles. The molecule has 0 radical (unpaired) electrons. The Morgan fingerprint density at radius 2 is 1.12 bits per heavy atom. The monoisotopic (exact) mass is 278 g/mol. The van der Waals surface area contributed by atoms with E-state index in [9.17, 15) is 9.59 Å². The number of carbonyl (C=O) groups excluding carboxylic acids is 2. The number of carbonyl (C=O) groups is 2. The van der Waals surface area contributed by atoms with E-state index in [1.165, 1.54) is 0 Å². The first-order chi connectivity index (χ1) is 7.27. The quantitative estimate of drug-likeness (QED) is 0.419. The summed E-state index contributed by atoms with van der Waals surface area (Å²) >= 11 is -5.22. The van der Waals surface area contributed by atoms with Gasteiger partial charge in [-0.1, -0.05) is 6.92 Å². The molecule has 0 aliphatic heterocycles. The van der Waals surface area contributed by atoms with Gasteiger partial charge >= 0.3 is 0 Å². The van der Waals surface area contributed by atoms with Crippen LogP contribution in [0.25, 0.3) is 0 Å². The van der Waals surface area contributed by atoms with Crippen molar-refractivity contribution in [1.29, 1.82) is 0 Å². The van der Waals surface area contributed by atoms with Crippen molar-refractivity contribution in [3.05, 3.63) is 0 Å². The van der Waals surface area contributed by atoms with Crippen molar-refractivity contribution in [2.24, 2.45) is 5.92 Å². The summed E-state index contributed by atoms with van der Waals surface area (Å²) in [6.07, 6.45) is 2.68. The Hall–Kier alpha value is -0.520. The highest BCUT2D eigenvalue weighted by molar-refractivity contribution is 7.73. The number of aldehydes is 2. The highest BCUT2D eigenvalue weighted by atomic mass is 32.2. The molecule has 4 N–H and O–H groups in total. The van der Waals surface area contributed by atoms with Crippen LogP contribution in [0.2, 0.25) is 0 Å². The van der Waals surface area contributed by atoms with E-state index in [1.54, 1.807) is 0 Å². The first-order valence-corrected chi connectivity index (χ1v) is 5.87. The summed E-state index contributed by atoms with van der Waals surface area (Å²) in [4.78, 5) is 19.5. The molecular formula is C6H14O8S2. The third-order valence-electron chi connectivity index (χ3n) is 0.997. The maximum absolute atomic E-state index is 9.77. The lowest BCUT2D eigenvalue weighted by Crippen LogP contribution is -1.94. The number of rotatable bonds is 4. The zero-order valence-corrected chi connectivity index (χ0v) is 10.0. The summed E-state index contributed by atoms with van der Waals surface area (Å²) in [7, 11) is 0. The lowest BCUT2D eigenvalue weighted by Gasteiger charge is -1.97. The summed E-state index contributed by atoms with van der Waals surface area (Å²) in [5, 5.41) is 0. The normalized spacial score (nSPS) is 9.00. The third kappa shape index (κ3) is 69.9. The van der Waals surface area contributed by atoms with E-state index in [0.29, 0.717) is 12.8 Å². The average molecular weight is 278 g/mol. The van der Waals surface area contributed by atoms with Crippen LogP contribution in [0.4, 0.5) is 0 Å². The van der Waals surface area contributed by atoms with Crippen molar-refractivity contribution in [3.63, 3.8) is 0 Å². The van der Waals surface area contributed by atoms with Crippen LogP contribution in [0.15, 0.2) is 0 Å². The van der Waals surface area contributed by atoms with E-state index in [2.05, 4.69) is 0 Å². The van der Waals surface area contributed by atoms with Crippen LogP contribution >= 0.6 is 0 Å². The fourth-order valence-corrected chi connectivity index (χ4v) is 0.425. The maximum atomic E-state index is 9.77. The molecule has 0 spiro atoms. The van der Waals surface area contributed by atoms with Gasteiger partial charge in [0.1, 0.15) is 12.6 Å². The van der Waals surface area contributed by atoms with Crippen LogP contribution < -0.4 is 0 Å².